The topological polar surface area (TPSA) is 60.7 Å². The summed E-state index contributed by atoms with van der Waals surface area (Å²) in [6.07, 6.45) is 5.21. The van der Waals surface area contributed by atoms with Gasteiger partial charge < -0.3 is 0 Å². The standard InChI is InChI=1S/C15H27O3P/c1-3-5-7-11-14(10-4-2)19(16,17,18)15-12-8-6-9-13-15/h6,8-9,12-14,16-18H,3-5,7,10-11H2,1-2H3. The molecule has 0 saturated carbocycles. The van der Waals surface area contributed by atoms with Crippen LogP contribution in [0.15, 0.2) is 30.3 Å². The summed E-state index contributed by atoms with van der Waals surface area (Å²) in [5.41, 5.74) is -0.440. The molecule has 1 rings (SSSR count). The van der Waals surface area contributed by atoms with Crippen molar-refractivity contribution in [3.05, 3.63) is 30.3 Å². The summed E-state index contributed by atoms with van der Waals surface area (Å²) in [6.45, 7) is 4.12. The summed E-state index contributed by atoms with van der Waals surface area (Å²) in [4.78, 5) is 31.7. The molecule has 110 valence electrons. The molecule has 1 aromatic carbocycles. The second-order valence-corrected chi connectivity index (χ2v) is 8.65. The van der Waals surface area contributed by atoms with Gasteiger partial charge in [-0.2, -0.15) is 0 Å². The molecule has 0 fully saturated rings. The molecule has 0 radical (unpaired) electrons. The van der Waals surface area contributed by atoms with Crippen molar-refractivity contribution in [1.29, 1.82) is 0 Å². The predicted octanol–water partition coefficient (Wildman–Crippen LogP) is 3.34. The van der Waals surface area contributed by atoms with Gasteiger partial charge in [0.2, 0.25) is 0 Å². The van der Waals surface area contributed by atoms with Gasteiger partial charge in [0.1, 0.15) is 0 Å². The Bertz CT molecular complexity index is 370. The first kappa shape index (κ1) is 16.6. The molecule has 0 aliphatic carbocycles. The van der Waals surface area contributed by atoms with Crippen LogP contribution in [-0.2, 0) is 0 Å². The van der Waals surface area contributed by atoms with Crippen LogP contribution in [0.4, 0.5) is 0 Å². The van der Waals surface area contributed by atoms with E-state index in [1.165, 1.54) is 0 Å². The molecule has 0 heterocycles. The van der Waals surface area contributed by atoms with Gasteiger partial charge in [-0.1, -0.05) is 0 Å². The maximum absolute atomic E-state index is 10.6. The Balaban J connectivity index is 2.96. The van der Waals surface area contributed by atoms with Crippen LogP contribution < -0.4 is 5.30 Å². The van der Waals surface area contributed by atoms with Crippen LogP contribution in [0.3, 0.4) is 0 Å². The Morgan fingerprint density at radius 2 is 1.53 bits per heavy atom. The maximum atomic E-state index is 10.6. The fourth-order valence-electron chi connectivity index (χ4n) is 2.51. The van der Waals surface area contributed by atoms with Crippen molar-refractivity contribution < 1.29 is 14.7 Å². The molecule has 0 aliphatic rings. The van der Waals surface area contributed by atoms with Crippen molar-refractivity contribution in [2.24, 2.45) is 0 Å². The quantitative estimate of drug-likeness (QED) is 0.507. The van der Waals surface area contributed by atoms with Crippen LogP contribution in [0, 0.1) is 0 Å². The third kappa shape index (κ3) is 4.25. The second kappa shape index (κ2) is 6.81. The molecular weight excluding hydrogens is 259 g/mol. The Hall–Kier alpha value is -0.470. The molecule has 0 saturated heterocycles. The van der Waals surface area contributed by atoms with Crippen molar-refractivity contribution >= 4 is 12.6 Å². The second-order valence-electron chi connectivity index (χ2n) is 5.32. The Morgan fingerprint density at radius 1 is 0.895 bits per heavy atom. The molecule has 4 heteroatoms. The van der Waals surface area contributed by atoms with Gasteiger partial charge in [-0.3, -0.25) is 0 Å². The molecule has 3 nitrogen and oxygen atoms in total. The first-order chi connectivity index (χ1) is 8.91. The molecule has 0 aliphatic heterocycles. The van der Waals surface area contributed by atoms with Crippen molar-refractivity contribution in [2.75, 3.05) is 0 Å². The molecule has 19 heavy (non-hydrogen) atoms. The normalized spacial score (nSPS) is 15.7. The van der Waals surface area contributed by atoms with Crippen LogP contribution in [0.1, 0.15) is 52.4 Å². The van der Waals surface area contributed by atoms with Crippen LogP contribution in [0.25, 0.3) is 0 Å². The van der Waals surface area contributed by atoms with Gasteiger partial charge in [-0.25, -0.2) is 0 Å². The molecule has 0 spiro atoms. The van der Waals surface area contributed by atoms with E-state index in [2.05, 4.69) is 6.92 Å². The van der Waals surface area contributed by atoms with Crippen LogP contribution >= 0.6 is 7.28 Å². The average molecular weight is 286 g/mol. The number of unbranched alkanes of at least 4 members (excludes halogenated alkanes) is 2. The van der Waals surface area contributed by atoms with Crippen molar-refractivity contribution in [3.8, 4) is 0 Å². The van der Waals surface area contributed by atoms with Gasteiger partial charge in [0.15, 0.2) is 0 Å². The van der Waals surface area contributed by atoms with Crippen molar-refractivity contribution in [1.82, 2.24) is 0 Å². The van der Waals surface area contributed by atoms with E-state index in [0.29, 0.717) is 12.8 Å². The van der Waals surface area contributed by atoms with Crippen molar-refractivity contribution in [3.63, 3.8) is 0 Å². The summed E-state index contributed by atoms with van der Waals surface area (Å²) in [6, 6.07) is 8.49. The fourth-order valence-corrected chi connectivity index (χ4v) is 5.07. The van der Waals surface area contributed by atoms with Crippen LogP contribution in [-0.4, -0.2) is 20.3 Å². The SMILES string of the molecule is CCCCCC(CCC)P(O)(O)(O)c1ccccc1. The first-order valence-corrected chi connectivity index (χ1v) is 9.39. The van der Waals surface area contributed by atoms with E-state index in [1.54, 1.807) is 24.3 Å². The monoisotopic (exact) mass is 286 g/mol. The van der Waals surface area contributed by atoms with E-state index >= 15 is 0 Å². The number of hydrogen-bond donors (Lipinski definition) is 3. The molecule has 1 aromatic rings. The first-order valence-electron chi connectivity index (χ1n) is 7.22. The molecular formula is C15H27O3P. The van der Waals surface area contributed by atoms with Gasteiger partial charge in [0, 0.05) is 0 Å². The minimum atomic E-state index is -4.76. The van der Waals surface area contributed by atoms with Crippen LogP contribution in [0.2, 0.25) is 0 Å². The zero-order chi connectivity index (χ0) is 14.4. The van der Waals surface area contributed by atoms with Gasteiger partial charge >= 0.3 is 116 Å². The zero-order valence-electron chi connectivity index (χ0n) is 12.0. The summed E-state index contributed by atoms with van der Waals surface area (Å²) in [5, 5.41) is 0.281. The predicted molar refractivity (Wildman–Crippen MR) is 82.5 cm³/mol. The molecule has 0 amide bonds. The van der Waals surface area contributed by atoms with Gasteiger partial charge in [0.25, 0.3) is 0 Å². The number of rotatable bonds is 8. The van der Waals surface area contributed by atoms with Gasteiger partial charge in [-0.15, -0.1) is 0 Å². The van der Waals surface area contributed by atoms with E-state index in [0.717, 1.165) is 25.7 Å². The van der Waals surface area contributed by atoms with E-state index in [9.17, 15) is 14.7 Å². The number of hydrogen-bond acceptors (Lipinski definition) is 3. The molecule has 1 unspecified atom stereocenters. The molecule has 0 bridgehead atoms. The van der Waals surface area contributed by atoms with Crippen molar-refractivity contribution in [2.45, 2.75) is 58.0 Å². The Morgan fingerprint density at radius 3 is 2.05 bits per heavy atom. The van der Waals surface area contributed by atoms with E-state index in [1.807, 2.05) is 13.0 Å². The summed E-state index contributed by atoms with van der Waals surface area (Å²) < 4.78 is 0. The van der Waals surface area contributed by atoms with Crippen LogP contribution in [0.5, 0.6) is 0 Å². The third-order valence-electron chi connectivity index (χ3n) is 3.69. The van der Waals surface area contributed by atoms with E-state index in [-0.39, 0.29) is 5.30 Å². The minimum absolute atomic E-state index is 0.281. The fraction of sp³-hybridized carbons (Fsp3) is 0.600. The van der Waals surface area contributed by atoms with E-state index in [4.69, 9.17) is 0 Å². The third-order valence-corrected chi connectivity index (χ3v) is 6.84. The molecule has 1 atom stereocenters. The number of benzene rings is 1. The van der Waals surface area contributed by atoms with Gasteiger partial charge in [0.05, 0.1) is 0 Å². The Labute approximate surface area is 116 Å². The summed E-state index contributed by atoms with van der Waals surface area (Å²) in [7, 11) is -4.76. The Kier molecular flexibility index (Phi) is 5.94. The molecule has 0 aromatic heterocycles. The van der Waals surface area contributed by atoms with E-state index < -0.39 is 12.9 Å². The summed E-state index contributed by atoms with van der Waals surface area (Å²) in [5.74, 6) is 0. The average Bonchev–Trinajstić information content (AvgIpc) is 2.38. The zero-order valence-corrected chi connectivity index (χ0v) is 12.9. The summed E-state index contributed by atoms with van der Waals surface area (Å²) >= 11 is 0. The molecule has 3 N–H and O–H groups in total. The van der Waals surface area contributed by atoms with Gasteiger partial charge in [-0.05, 0) is 0 Å².